The first-order chi connectivity index (χ1) is 11.1. The first-order valence-electron chi connectivity index (χ1n) is 8.74. The third kappa shape index (κ3) is 3.87. The highest BCUT2D eigenvalue weighted by molar-refractivity contribution is 5.41. The summed E-state index contributed by atoms with van der Waals surface area (Å²) in [7, 11) is 3.86. The van der Waals surface area contributed by atoms with E-state index in [1.165, 1.54) is 18.7 Å². The molecule has 2 aliphatic heterocycles. The Morgan fingerprint density at radius 1 is 1.43 bits per heavy atom. The van der Waals surface area contributed by atoms with Crippen molar-refractivity contribution < 1.29 is 9.47 Å². The van der Waals surface area contributed by atoms with Gasteiger partial charge in [0.2, 0.25) is 0 Å². The van der Waals surface area contributed by atoms with Crippen LogP contribution in [-0.4, -0.2) is 61.4 Å². The largest absolute Gasteiger partial charge is 0.381 e. The van der Waals surface area contributed by atoms with Gasteiger partial charge in [-0.15, -0.1) is 0 Å². The van der Waals surface area contributed by atoms with E-state index < -0.39 is 0 Å². The van der Waals surface area contributed by atoms with E-state index in [1.807, 2.05) is 18.8 Å². The Morgan fingerprint density at radius 3 is 2.87 bits per heavy atom. The molecule has 1 aromatic rings. The topological polar surface area (TPSA) is 51.5 Å². The number of nitrogens with zero attached hydrogens (tertiary/aromatic N) is 3. The highest BCUT2D eigenvalue weighted by Gasteiger charge is 2.33. The van der Waals surface area contributed by atoms with Crippen molar-refractivity contribution in [2.75, 3.05) is 44.9 Å². The molecule has 0 aliphatic carbocycles. The van der Waals surface area contributed by atoms with Gasteiger partial charge in [-0.2, -0.15) is 5.10 Å². The van der Waals surface area contributed by atoms with E-state index in [2.05, 4.69) is 28.3 Å². The van der Waals surface area contributed by atoms with E-state index in [-0.39, 0.29) is 5.60 Å². The summed E-state index contributed by atoms with van der Waals surface area (Å²) >= 11 is 0. The molecule has 23 heavy (non-hydrogen) atoms. The van der Waals surface area contributed by atoms with Crippen LogP contribution >= 0.6 is 0 Å². The Kier molecular flexibility index (Phi) is 5.24. The SMILES string of the molecule is COC1(CNC2CCCN(c3cc(C)nn3C)C2)CCOCC1. The molecule has 6 nitrogen and oxygen atoms in total. The second-order valence-electron chi connectivity index (χ2n) is 6.93. The van der Waals surface area contributed by atoms with Crippen LogP contribution < -0.4 is 10.2 Å². The van der Waals surface area contributed by atoms with Crippen LogP contribution in [0.25, 0.3) is 0 Å². The Labute approximate surface area is 139 Å². The molecule has 0 radical (unpaired) electrons. The lowest BCUT2D eigenvalue weighted by atomic mass is 9.93. The normalized spacial score (nSPS) is 24.8. The van der Waals surface area contributed by atoms with Crippen LogP contribution in [0.1, 0.15) is 31.4 Å². The van der Waals surface area contributed by atoms with E-state index >= 15 is 0 Å². The van der Waals surface area contributed by atoms with Crippen molar-refractivity contribution in [1.82, 2.24) is 15.1 Å². The Bertz CT molecular complexity index is 511. The fraction of sp³-hybridized carbons (Fsp3) is 0.824. The smallest absolute Gasteiger partial charge is 0.126 e. The van der Waals surface area contributed by atoms with E-state index in [0.29, 0.717) is 6.04 Å². The number of anilines is 1. The molecule has 0 aromatic carbocycles. The van der Waals surface area contributed by atoms with Gasteiger partial charge in [-0.05, 0) is 19.8 Å². The van der Waals surface area contributed by atoms with E-state index in [0.717, 1.165) is 51.4 Å². The van der Waals surface area contributed by atoms with Gasteiger partial charge >= 0.3 is 0 Å². The van der Waals surface area contributed by atoms with Gasteiger partial charge in [0, 0.05) is 72.0 Å². The quantitative estimate of drug-likeness (QED) is 0.890. The van der Waals surface area contributed by atoms with Crippen molar-refractivity contribution in [3.05, 3.63) is 11.8 Å². The average molecular weight is 322 g/mol. The fourth-order valence-corrected chi connectivity index (χ4v) is 3.77. The van der Waals surface area contributed by atoms with Crippen LogP contribution in [0.4, 0.5) is 5.82 Å². The second-order valence-corrected chi connectivity index (χ2v) is 6.93. The summed E-state index contributed by atoms with van der Waals surface area (Å²) in [6.45, 7) is 6.73. The fourth-order valence-electron chi connectivity index (χ4n) is 3.77. The van der Waals surface area contributed by atoms with Crippen molar-refractivity contribution in [3.8, 4) is 0 Å². The number of methoxy groups -OCH3 is 1. The summed E-state index contributed by atoms with van der Waals surface area (Å²) in [5.74, 6) is 1.22. The molecule has 2 saturated heterocycles. The predicted octanol–water partition coefficient (Wildman–Crippen LogP) is 1.48. The molecule has 0 bridgehead atoms. The summed E-state index contributed by atoms with van der Waals surface area (Å²) < 4.78 is 13.3. The van der Waals surface area contributed by atoms with Gasteiger partial charge in [0.25, 0.3) is 0 Å². The van der Waals surface area contributed by atoms with Gasteiger partial charge in [-0.3, -0.25) is 4.68 Å². The molecular weight excluding hydrogens is 292 g/mol. The summed E-state index contributed by atoms with van der Waals surface area (Å²) in [5, 5.41) is 8.23. The third-order valence-electron chi connectivity index (χ3n) is 5.27. The molecule has 1 N–H and O–H groups in total. The van der Waals surface area contributed by atoms with Gasteiger partial charge in [-0.25, -0.2) is 0 Å². The lowest BCUT2D eigenvalue weighted by molar-refractivity contribution is -0.0887. The first kappa shape index (κ1) is 16.7. The van der Waals surface area contributed by atoms with Crippen molar-refractivity contribution in [2.45, 2.75) is 44.2 Å². The summed E-state index contributed by atoms with van der Waals surface area (Å²) in [6.07, 6.45) is 4.40. The minimum Gasteiger partial charge on any atom is -0.381 e. The Balaban J connectivity index is 1.57. The number of aromatic nitrogens is 2. The zero-order valence-corrected chi connectivity index (χ0v) is 14.7. The van der Waals surface area contributed by atoms with Crippen LogP contribution in [0.2, 0.25) is 0 Å². The minimum atomic E-state index is -0.0519. The number of nitrogens with one attached hydrogen (secondary N) is 1. The average Bonchev–Trinajstić information content (AvgIpc) is 2.93. The molecule has 0 saturated carbocycles. The number of aryl methyl sites for hydroxylation is 2. The number of rotatable bonds is 5. The summed E-state index contributed by atoms with van der Waals surface area (Å²) in [5.41, 5.74) is 1.03. The van der Waals surface area contributed by atoms with Gasteiger partial charge in [0.1, 0.15) is 5.82 Å². The monoisotopic (exact) mass is 322 g/mol. The van der Waals surface area contributed by atoms with Crippen LogP contribution in [0.15, 0.2) is 6.07 Å². The molecule has 130 valence electrons. The van der Waals surface area contributed by atoms with Crippen molar-refractivity contribution in [3.63, 3.8) is 0 Å². The van der Waals surface area contributed by atoms with Crippen molar-refractivity contribution in [1.29, 1.82) is 0 Å². The molecule has 0 amide bonds. The molecule has 3 rings (SSSR count). The second kappa shape index (κ2) is 7.20. The number of hydrogen-bond acceptors (Lipinski definition) is 5. The van der Waals surface area contributed by atoms with Gasteiger partial charge in [-0.1, -0.05) is 0 Å². The van der Waals surface area contributed by atoms with Gasteiger partial charge < -0.3 is 19.7 Å². The summed E-state index contributed by atoms with van der Waals surface area (Å²) in [6, 6.07) is 2.69. The number of hydrogen-bond donors (Lipinski definition) is 1. The van der Waals surface area contributed by atoms with Crippen molar-refractivity contribution >= 4 is 5.82 Å². The predicted molar refractivity (Wildman–Crippen MR) is 91.0 cm³/mol. The number of piperidine rings is 1. The molecular formula is C17H30N4O2. The minimum absolute atomic E-state index is 0.0519. The van der Waals surface area contributed by atoms with Crippen LogP contribution in [0.5, 0.6) is 0 Å². The van der Waals surface area contributed by atoms with Gasteiger partial charge in [0.05, 0.1) is 11.3 Å². The van der Waals surface area contributed by atoms with E-state index in [9.17, 15) is 0 Å². The van der Waals surface area contributed by atoms with Crippen molar-refractivity contribution in [2.24, 2.45) is 7.05 Å². The van der Waals surface area contributed by atoms with Crippen LogP contribution in [-0.2, 0) is 16.5 Å². The highest BCUT2D eigenvalue weighted by Crippen LogP contribution is 2.25. The maximum absolute atomic E-state index is 5.83. The van der Waals surface area contributed by atoms with Crippen LogP contribution in [0, 0.1) is 6.92 Å². The molecule has 3 heterocycles. The maximum atomic E-state index is 5.83. The molecule has 2 fully saturated rings. The van der Waals surface area contributed by atoms with E-state index in [1.54, 1.807) is 0 Å². The molecule has 6 heteroatoms. The maximum Gasteiger partial charge on any atom is 0.126 e. The third-order valence-corrected chi connectivity index (χ3v) is 5.27. The summed E-state index contributed by atoms with van der Waals surface area (Å²) in [4.78, 5) is 2.45. The first-order valence-corrected chi connectivity index (χ1v) is 8.74. The number of ether oxygens (including phenoxy) is 2. The molecule has 1 atom stereocenters. The molecule has 0 spiro atoms. The van der Waals surface area contributed by atoms with Crippen LogP contribution in [0.3, 0.4) is 0 Å². The lowest BCUT2D eigenvalue weighted by Gasteiger charge is -2.39. The zero-order valence-electron chi connectivity index (χ0n) is 14.7. The molecule has 1 unspecified atom stereocenters. The van der Waals surface area contributed by atoms with Gasteiger partial charge in [0.15, 0.2) is 0 Å². The molecule has 2 aliphatic rings. The zero-order chi connectivity index (χ0) is 16.3. The highest BCUT2D eigenvalue weighted by atomic mass is 16.5. The van der Waals surface area contributed by atoms with E-state index in [4.69, 9.17) is 9.47 Å². The Hall–Kier alpha value is -1.11. The standard InChI is InChI=1S/C17H30N4O2/c1-14-11-16(20(2)19-14)21-8-4-5-15(12-21)18-13-17(22-3)6-9-23-10-7-17/h11,15,18H,4-10,12-13H2,1-3H3. The molecule has 1 aromatic heterocycles. The lowest BCUT2D eigenvalue weighted by Crippen LogP contribution is -2.53. The Morgan fingerprint density at radius 2 is 2.22 bits per heavy atom.